The van der Waals surface area contributed by atoms with Crippen molar-refractivity contribution >= 4 is 0 Å². The molecule has 0 spiro atoms. The predicted molar refractivity (Wildman–Crippen MR) is 65.8 cm³/mol. The SMILES string of the molecule is COCC(CNC(C)CC(C)(C)OC)OC. The number of hydrogen-bond donors (Lipinski definition) is 1. The van der Waals surface area contributed by atoms with Gasteiger partial charge in [0.1, 0.15) is 0 Å². The van der Waals surface area contributed by atoms with Crippen LogP contribution >= 0.6 is 0 Å². The monoisotopic (exact) mass is 233 g/mol. The Balaban J connectivity index is 3.83. The summed E-state index contributed by atoms with van der Waals surface area (Å²) in [4.78, 5) is 0. The van der Waals surface area contributed by atoms with Crippen LogP contribution in [0.25, 0.3) is 0 Å². The molecule has 0 heterocycles. The average Bonchev–Trinajstić information content (AvgIpc) is 2.23. The fraction of sp³-hybridized carbons (Fsp3) is 1.00. The summed E-state index contributed by atoms with van der Waals surface area (Å²) in [5.74, 6) is 0. The molecule has 0 fully saturated rings. The Morgan fingerprint density at radius 3 is 2.25 bits per heavy atom. The molecular weight excluding hydrogens is 206 g/mol. The molecule has 0 aliphatic carbocycles. The number of methoxy groups -OCH3 is 3. The van der Waals surface area contributed by atoms with E-state index in [9.17, 15) is 0 Å². The summed E-state index contributed by atoms with van der Waals surface area (Å²) in [6.07, 6.45) is 1.07. The lowest BCUT2D eigenvalue weighted by Crippen LogP contribution is -2.40. The minimum Gasteiger partial charge on any atom is -0.382 e. The number of rotatable bonds is 9. The van der Waals surface area contributed by atoms with Gasteiger partial charge in [-0.05, 0) is 27.2 Å². The average molecular weight is 233 g/mol. The molecule has 0 bridgehead atoms. The van der Waals surface area contributed by atoms with Gasteiger partial charge in [0.15, 0.2) is 0 Å². The molecule has 0 saturated heterocycles. The summed E-state index contributed by atoms with van der Waals surface area (Å²) in [6.45, 7) is 7.75. The Labute approximate surface area is 99.6 Å². The van der Waals surface area contributed by atoms with Crippen LogP contribution < -0.4 is 5.32 Å². The highest BCUT2D eigenvalue weighted by Gasteiger charge is 2.20. The molecule has 0 radical (unpaired) electrons. The van der Waals surface area contributed by atoms with E-state index in [4.69, 9.17) is 14.2 Å². The third-order valence-corrected chi connectivity index (χ3v) is 2.73. The van der Waals surface area contributed by atoms with Crippen LogP contribution in [0.15, 0.2) is 0 Å². The third kappa shape index (κ3) is 7.17. The summed E-state index contributed by atoms with van der Waals surface area (Å²) in [5, 5.41) is 3.42. The van der Waals surface area contributed by atoms with Crippen molar-refractivity contribution in [3.05, 3.63) is 0 Å². The molecule has 98 valence electrons. The normalized spacial score (nSPS) is 16.1. The summed E-state index contributed by atoms with van der Waals surface area (Å²) < 4.78 is 15.7. The maximum atomic E-state index is 5.39. The summed E-state index contributed by atoms with van der Waals surface area (Å²) in [5.41, 5.74) is -0.0871. The fourth-order valence-corrected chi connectivity index (χ4v) is 1.62. The Morgan fingerprint density at radius 1 is 1.19 bits per heavy atom. The standard InChI is InChI=1S/C12H27NO3/c1-10(7-12(2,3)16-6)13-8-11(15-5)9-14-4/h10-11,13H,7-9H2,1-6H3. The fourth-order valence-electron chi connectivity index (χ4n) is 1.62. The lowest BCUT2D eigenvalue weighted by molar-refractivity contribution is 0.00285. The zero-order chi connectivity index (χ0) is 12.6. The number of nitrogens with one attached hydrogen (secondary N) is 1. The van der Waals surface area contributed by atoms with Crippen molar-refractivity contribution in [2.24, 2.45) is 0 Å². The second-order valence-electron chi connectivity index (χ2n) is 4.79. The van der Waals surface area contributed by atoms with Crippen molar-refractivity contribution in [3.8, 4) is 0 Å². The molecule has 4 nitrogen and oxygen atoms in total. The quantitative estimate of drug-likeness (QED) is 0.654. The third-order valence-electron chi connectivity index (χ3n) is 2.73. The second kappa shape index (κ2) is 8.01. The Morgan fingerprint density at radius 2 is 1.81 bits per heavy atom. The number of ether oxygens (including phenoxy) is 3. The van der Waals surface area contributed by atoms with Gasteiger partial charge in [-0.3, -0.25) is 0 Å². The van der Waals surface area contributed by atoms with E-state index in [0.717, 1.165) is 13.0 Å². The van der Waals surface area contributed by atoms with Crippen LogP contribution in [0, 0.1) is 0 Å². The van der Waals surface area contributed by atoms with Gasteiger partial charge in [0.05, 0.1) is 18.3 Å². The van der Waals surface area contributed by atoms with Gasteiger partial charge < -0.3 is 19.5 Å². The maximum Gasteiger partial charge on any atom is 0.0928 e. The first-order valence-corrected chi connectivity index (χ1v) is 5.75. The smallest absolute Gasteiger partial charge is 0.0928 e. The van der Waals surface area contributed by atoms with Gasteiger partial charge >= 0.3 is 0 Å². The molecule has 0 rings (SSSR count). The maximum absolute atomic E-state index is 5.39. The first-order chi connectivity index (χ1) is 7.45. The first-order valence-electron chi connectivity index (χ1n) is 5.75. The van der Waals surface area contributed by atoms with Gasteiger partial charge in [-0.25, -0.2) is 0 Å². The van der Waals surface area contributed by atoms with E-state index in [0.29, 0.717) is 12.6 Å². The van der Waals surface area contributed by atoms with Crippen molar-refractivity contribution in [1.29, 1.82) is 0 Å². The van der Waals surface area contributed by atoms with Crippen LogP contribution in [0.4, 0.5) is 0 Å². The van der Waals surface area contributed by atoms with Gasteiger partial charge in [0.25, 0.3) is 0 Å². The van der Waals surface area contributed by atoms with E-state index in [1.807, 2.05) is 0 Å². The molecule has 0 amide bonds. The van der Waals surface area contributed by atoms with E-state index in [1.165, 1.54) is 0 Å². The highest BCUT2D eigenvalue weighted by molar-refractivity contribution is 4.76. The molecule has 2 atom stereocenters. The molecule has 2 unspecified atom stereocenters. The largest absolute Gasteiger partial charge is 0.382 e. The van der Waals surface area contributed by atoms with E-state index < -0.39 is 0 Å². The molecular formula is C12H27NO3. The molecule has 0 aromatic heterocycles. The van der Waals surface area contributed by atoms with Crippen LogP contribution in [-0.4, -0.2) is 52.2 Å². The Kier molecular flexibility index (Phi) is 7.93. The minimum atomic E-state index is -0.0871. The van der Waals surface area contributed by atoms with Crippen molar-refractivity contribution < 1.29 is 14.2 Å². The van der Waals surface area contributed by atoms with Crippen LogP contribution in [0.2, 0.25) is 0 Å². The molecule has 1 N–H and O–H groups in total. The summed E-state index contributed by atoms with van der Waals surface area (Å²) in [7, 11) is 5.13. The van der Waals surface area contributed by atoms with Crippen molar-refractivity contribution in [3.63, 3.8) is 0 Å². The lowest BCUT2D eigenvalue weighted by Gasteiger charge is -2.28. The summed E-state index contributed by atoms with van der Waals surface area (Å²) >= 11 is 0. The van der Waals surface area contributed by atoms with E-state index in [2.05, 4.69) is 26.1 Å². The zero-order valence-corrected chi connectivity index (χ0v) is 11.5. The van der Waals surface area contributed by atoms with Crippen LogP contribution in [0.5, 0.6) is 0 Å². The van der Waals surface area contributed by atoms with Crippen LogP contribution in [-0.2, 0) is 14.2 Å². The molecule has 4 heteroatoms. The molecule has 0 aromatic rings. The van der Waals surface area contributed by atoms with Crippen molar-refractivity contribution in [2.45, 2.75) is 44.9 Å². The molecule has 16 heavy (non-hydrogen) atoms. The molecule has 0 aromatic carbocycles. The number of hydrogen-bond acceptors (Lipinski definition) is 4. The lowest BCUT2D eigenvalue weighted by atomic mass is 10.00. The second-order valence-corrected chi connectivity index (χ2v) is 4.79. The van der Waals surface area contributed by atoms with Crippen molar-refractivity contribution in [2.75, 3.05) is 34.5 Å². The highest BCUT2D eigenvalue weighted by Crippen LogP contribution is 2.15. The van der Waals surface area contributed by atoms with E-state index in [1.54, 1.807) is 21.3 Å². The Bertz CT molecular complexity index is 174. The van der Waals surface area contributed by atoms with Gasteiger partial charge in [-0.1, -0.05) is 0 Å². The topological polar surface area (TPSA) is 39.7 Å². The first kappa shape index (κ1) is 15.8. The predicted octanol–water partition coefficient (Wildman–Crippen LogP) is 1.44. The van der Waals surface area contributed by atoms with Crippen molar-refractivity contribution in [1.82, 2.24) is 5.32 Å². The Hall–Kier alpha value is -0.160. The summed E-state index contributed by atoms with van der Waals surface area (Å²) in [6, 6.07) is 0.393. The minimum absolute atomic E-state index is 0.0871. The van der Waals surface area contributed by atoms with Gasteiger partial charge in [-0.2, -0.15) is 0 Å². The highest BCUT2D eigenvalue weighted by atomic mass is 16.5. The van der Waals surface area contributed by atoms with E-state index in [-0.39, 0.29) is 11.7 Å². The molecule has 0 saturated carbocycles. The van der Waals surface area contributed by atoms with Gasteiger partial charge in [-0.15, -0.1) is 0 Å². The van der Waals surface area contributed by atoms with E-state index >= 15 is 0 Å². The molecule has 0 aliphatic heterocycles. The van der Waals surface area contributed by atoms with Gasteiger partial charge in [0.2, 0.25) is 0 Å². The zero-order valence-electron chi connectivity index (χ0n) is 11.5. The molecule has 0 aliphatic rings. The van der Waals surface area contributed by atoms with Crippen LogP contribution in [0.1, 0.15) is 27.2 Å². The van der Waals surface area contributed by atoms with Crippen LogP contribution in [0.3, 0.4) is 0 Å². The van der Waals surface area contributed by atoms with Gasteiger partial charge in [0, 0.05) is 33.9 Å².